The molecule has 2 rings (SSSR count). The van der Waals surface area contributed by atoms with Gasteiger partial charge in [0.1, 0.15) is 5.76 Å². The van der Waals surface area contributed by atoms with Gasteiger partial charge in [0.25, 0.3) is 0 Å². The molecular formula is C16H28N2O2. The molecule has 1 N–H and O–H groups in total. The lowest BCUT2D eigenvalue weighted by atomic mass is 10.0. The fraction of sp³-hybridized carbons (Fsp3) is 0.750. The van der Waals surface area contributed by atoms with Gasteiger partial charge >= 0.3 is 0 Å². The van der Waals surface area contributed by atoms with E-state index in [4.69, 9.17) is 9.15 Å². The maximum Gasteiger partial charge on any atom is 0.122 e. The van der Waals surface area contributed by atoms with Gasteiger partial charge in [-0.3, -0.25) is 4.90 Å². The van der Waals surface area contributed by atoms with E-state index in [1.54, 1.807) is 6.26 Å². The Kier molecular flexibility index (Phi) is 5.24. The van der Waals surface area contributed by atoms with Gasteiger partial charge < -0.3 is 14.5 Å². The van der Waals surface area contributed by atoms with Gasteiger partial charge in [0.05, 0.1) is 24.5 Å². The zero-order valence-corrected chi connectivity index (χ0v) is 13.2. The van der Waals surface area contributed by atoms with Gasteiger partial charge in [-0.25, -0.2) is 0 Å². The molecule has 1 aliphatic rings. The molecule has 2 heterocycles. The molecule has 0 saturated carbocycles. The van der Waals surface area contributed by atoms with E-state index in [9.17, 15) is 0 Å². The lowest BCUT2D eigenvalue weighted by molar-refractivity contribution is -0.130. The quantitative estimate of drug-likeness (QED) is 0.813. The van der Waals surface area contributed by atoms with Gasteiger partial charge in [-0.1, -0.05) is 6.92 Å². The molecule has 114 valence electrons. The van der Waals surface area contributed by atoms with Crippen LogP contribution in [0.5, 0.6) is 0 Å². The van der Waals surface area contributed by atoms with Gasteiger partial charge in [-0.05, 0) is 39.8 Å². The lowest BCUT2D eigenvalue weighted by Crippen LogP contribution is -2.51. The molecule has 0 aromatic carbocycles. The zero-order chi connectivity index (χ0) is 14.6. The lowest BCUT2D eigenvalue weighted by Gasteiger charge is -2.41. The van der Waals surface area contributed by atoms with Crippen molar-refractivity contribution in [3.8, 4) is 0 Å². The molecular weight excluding hydrogens is 252 g/mol. The molecule has 4 heteroatoms. The van der Waals surface area contributed by atoms with Crippen LogP contribution in [0.1, 0.15) is 45.4 Å². The first kappa shape index (κ1) is 15.5. The van der Waals surface area contributed by atoms with Crippen molar-refractivity contribution < 1.29 is 9.15 Å². The summed E-state index contributed by atoms with van der Waals surface area (Å²) in [7, 11) is 0. The van der Waals surface area contributed by atoms with E-state index in [1.807, 2.05) is 0 Å². The van der Waals surface area contributed by atoms with E-state index in [0.717, 1.165) is 44.9 Å². The maximum absolute atomic E-state index is 5.96. The Hall–Kier alpha value is -0.840. The second kappa shape index (κ2) is 6.74. The number of morpholine rings is 1. The van der Waals surface area contributed by atoms with Crippen molar-refractivity contribution in [2.45, 2.75) is 58.9 Å². The van der Waals surface area contributed by atoms with Crippen LogP contribution >= 0.6 is 0 Å². The molecule has 1 aliphatic heterocycles. The van der Waals surface area contributed by atoms with Gasteiger partial charge in [0.15, 0.2) is 0 Å². The summed E-state index contributed by atoms with van der Waals surface area (Å²) in [5, 5.41) is 3.40. The van der Waals surface area contributed by atoms with Crippen LogP contribution in [0.2, 0.25) is 0 Å². The van der Waals surface area contributed by atoms with Gasteiger partial charge in [0.2, 0.25) is 0 Å². The first-order chi connectivity index (χ1) is 9.50. The van der Waals surface area contributed by atoms with Crippen LogP contribution in [0.15, 0.2) is 16.7 Å². The Morgan fingerprint density at radius 2 is 2.25 bits per heavy atom. The minimum Gasteiger partial charge on any atom is -0.468 e. The van der Waals surface area contributed by atoms with Crippen LogP contribution in [0, 0.1) is 0 Å². The summed E-state index contributed by atoms with van der Waals surface area (Å²) in [6.07, 6.45) is 3.23. The van der Waals surface area contributed by atoms with Crippen molar-refractivity contribution in [1.29, 1.82) is 0 Å². The van der Waals surface area contributed by atoms with E-state index in [0.29, 0.717) is 0 Å². The van der Waals surface area contributed by atoms with Crippen molar-refractivity contribution in [2.24, 2.45) is 0 Å². The molecule has 0 radical (unpaired) electrons. The summed E-state index contributed by atoms with van der Waals surface area (Å²) in [5.74, 6) is 1.07. The summed E-state index contributed by atoms with van der Waals surface area (Å²) in [6, 6.07) is 2.09. The molecule has 1 aromatic heterocycles. The first-order valence-corrected chi connectivity index (χ1v) is 7.66. The number of ether oxygens (including phenoxy) is 1. The third-order valence-corrected chi connectivity index (χ3v) is 3.58. The van der Waals surface area contributed by atoms with Crippen molar-refractivity contribution in [1.82, 2.24) is 10.2 Å². The smallest absolute Gasteiger partial charge is 0.122 e. The highest BCUT2D eigenvalue weighted by Crippen LogP contribution is 2.23. The normalized spacial score (nSPS) is 23.1. The molecule has 1 fully saturated rings. The molecule has 0 bridgehead atoms. The predicted octanol–water partition coefficient (Wildman–Crippen LogP) is 2.78. The number of hydrogen-bond donors (Lipinski definition) is 1. The number of furan rings is 1. The molecule has 4 nitrogen and oxygen atoms in total. The summed E-state index contributed by atoms with van der Waals surface area (Å²) in [6.45, 7) is 13.4. The SMILES string of the molecule is CCCNCc1occc1CN1CC(C)OC(C)(C)C1. The van der Waals surface area contributed by atoms with Crippen LogP contribution < -0.4 is 5.32 Å². The third kappa shape index (κ3) is 4.33. The topological polar surface area (TPSA) is 37.6 Å². The second-order valence-corrected chi connectivity index (χ2v) is 6.40. The predicted molar refractivity (Wildman–Crippen MR) is 80.6 cm³/mol. The monoisotopic (exact) mass is 280 g/mol. The molecule has 20 heavy (non-hydrogen) atoms. The van der Waals surface area contributed by atoms with E-state index in [2.05, 4.69) is 44.0 Å². The minimum absolute atomic E-state index is 0.0674. The highest BCUT2D eigenvalue weighted by Gasteiger charge is 2.31. The van der Waals surface area contributed by atoms with Crippen LogP contribution in [0.4, 0.5) is 0 Å². The zero-order valence-electron chi connectivity index (χ0n) is 13.2. The Morgan fingerprint density at radius 3 is 2.95 bits per heavy atom. The molecule has 1 aromatic rings. The standard InChI is InChI=1S/C16H28N2O2/c1-5-7-17-9-15-14(6-8-19-15)11-18-10-13(2)20-16(3,4)12-18/h6,8,13,17H,5,7,9-12H2,1-4H3. The van der Waals surface area contributed by atoms with Gasteiger partial charge in [-0.2, -0.15) is 0 Å². The van der Waals surface area contributed by atoms with Gasteiger partial charge in [-0.15, -0.1) is 0 Å². The molecule has 0 spiro atoms. The number of nitrogens with zero attached hydrogens (tertiary/aromatic N) is 1. The van der Waals surface area contributed by atoms with E-state index < -0.39 is 0 Å². The Morgan fingerprint density at radius 1 is 1.45 bits per heavy atom. The summed E-state index contributed by atoms with van der Waals surface area (Å²) < 4.78 is 11.6. The highest BCUT2D eigenvalue weighted by molar-refractivity contribution is 5.17. The van der Waals surface area contributed by atoms with Gasteiger partial charge in [0, 0.05) is 25.2 Å². The molecule has 0 amide bonds. The van der Waals surface area contributed by atoms with Crippen LogP contribution in [0.25, 0.3) is 0 Å². The van der Waals surface area contributed by atoms with Crippen LogP contribution in [-0.2, 0) is 17.8 Å². The summed E-state index contributed by atoms with van der Waals surface area (Å²) >= 11 is 0. The minimum atomic E-state index is -0.0674. The average Bonchev–Trinajstić information content (AvgIpc) is 2.74. The molecule has 1 saturated heterocycles. The number of rotatable bonds is 6. The van der Waals surface area contributed by atoms with E-state index >= 15 is 0 Å². The fourth-order valence-corrected chi connectivity index (χ4v) is 2.99. The second-order valence-electron chi connectivity index (χ2n) is 6.40. The van der Waals surface area contributed by atoms with Crippen molar-refractivity contribution in [2.75, 3.05) is 19.6 Å². The number of hydrogen-bond acceptors (Lipinski definition) is 4. The molecule has 1 unspecified atom stereocenters. The Labute approximate surface area is 122 Å². The first-order valence-electron chi connectivity index (χ1n) is 7.66. The molecule has 0 aliphatic carbocycles. The maximum atomic E-state index is 5.96. The van der Waals surface area contributed by atoms with Crippen molar-refractivity contribution >= 4 is 0 Å². The van der Waals surface area contributed by atoms with E-state index in [1.165, 1.54) is 5.56 Å². The summed E-state index contributed by atoms with van der Waals surface area (Å²) in [4.78, 5) is 2.46. The summed E-state index contributed by atoms with van der Waals surface area (Å²) in [5.41, 5.74) is 1.22. The molecule has 1 atom stereocenters. The van der Waals surface area contributed by atoms with Crippen LogP contribution in [-0.4, -0.2) is 36.2 Å². The largest absolute Gasteiger partial charge is 0.468 e. The third-order valence-electron chi connectivity index (χ3n) is 3.58. The van der Waals surface area contributed by atoms with Crippen LogP contribution in [0.3, 0.4) is 0 Å². The Bertz CT molecular complexity index is 414. The Balaban J connectivity index is 1.94. The van der Waals surface area contributed by atoms with Crippen molar-refractivity contribution in [3.05, 3.63) is 23.7 Å². The van der Waals surface area contributed by atoms with Crippen molar-refractivity contribution in [3.63, 3.8) is 0 Å². The average molecular weight is 280 g/mol. The highest BCUT2D eigenvalue weighted by atomic mass is 16.5. The number of nitrogens with one attached hydrogen (secondary N) is 1. The van der Waals surface area contributed by atoms with E-state index in [-0.39, 0.29) is 11.7 Å². The fourth-order valence-electron chi connectivity index (χ4n) is 2.99.